The summed E-state index contributed by atoms with van der Waals surface area (Å²) in [7, 11) is 0. The van der Waals surface area contributed by atoms with Gasteiger partial charge in [0.1, 0.15) is 24.7 Å². The smallest absolute Gasteiger partial charge is 0.257 e. The minimum absolute atomic E-state index is 0.177. The number of amides is 1. The zero-order valence-electron chi connectivity index (χ0n) is 15.8. The minimum atomic E-state index is -0.317. The Kier molecular flexibility index (Phi) is 8.97. The van der Waals surface area contributed by atoms with Crippen molar-refractivity contribution in [2.45, 2.75) is 6.92 Å². The number of para-hydroxylation sites is 2. The van der Waals surface area contributed by atoms with Crippen molar-refractivity contribution in [3.63, 3.8) is 0 Å². The molecule has 0 unspecified atom stereocenters. The highest BCUT2D eigenvalue weighted by Gasteiger charge is 2.10. The summed E-state index contributed by atoms with van der Waals surface area (Å²) in [5.41, 5.74) is 1.13. The Morgan fingerprint density at radius 2 is 1.86 bits per heavy atom. The second kappa shape index (κ2) is 11.7. The molecule has 148 valence electrons. The summed E-state index contributed by atoms with van der Waals surface area (Å²) in [5, 5.41) is 5.80. The average molecular weight is 401 g/mol. The van der Waals surface area contributed by atoms with Gasteiger partial charge in [-0.05, 0) is 55.5 Å². The lowest BCUT2D eigenvalue weighted by Crippen LogP contribution is -2.34. The lowest BCUT2D eigenvalue weighted by Gasteiger charge is -2.13. The van der Waals surface area contributed by atoms with Crippen LogP contribution in [0.3, 0.4) is 0 Å². The van der Waals surface area contributed by atoms with Crippen LogP contribution in [0.4, 0.5) is 5.69 Å². The number of thiocarbonyl (C=S) groups is 1. The van der Waals surface area contributed by atoms with Gasteiger partial charge >= 0.3 is 0 Å². The van der Waals surface area contributed by atoms with Crippen LogP contribution in [0.25, 0.3) is 0 Å². The molecule has 6 nitrogen and oxygen atoms in total. The summed E-state index contributed by atoms with van der Waals surface area (Å²) < 4.78 is 16.3. The number of anilines is 1. The predicted molar refractivity (Wildman–Crippen MR) is 114 cm³/mol. The summed E-state index contributed by atoms with van der Waals surface area (Å²) in [6.45, 7) is 7.57. The van der Waals surface area contributed by atoms with Gasteiger partial charge in [0, 0.05) is 12.2 Å². The average Bonchev–Trinajstić information content (AvgIpc) is 2.71. The van der Waals surface area contributed by atoms with Crippen LogP contribution in [0.1, 0.15) is 17.3 Å². The van der Waals surface area contributed by atoms with Crippen LogP contribution in [0.15, 0.2) is 61.2 Å². The predicted octanol–water partition coefficient (Wildman–Crippen LogP) is 3.79. The second-order valence-corrected chi connectivity index (χ2v) is 5.98. The Balaban J connectivity index is 1.88. The van der Waals surface area contributed by atoms with E-state index in [1.54, 1.807) is 36.4 Å². The standard InChI is InChI=1S/C21H24N2O4S/c1-3-13-27-19-8-6-5-7-18(19)22-21(28)23-20(24)16-9-11-17(12-10-16)26-15-14-25-4-2/h3,5-12H,1,4,13-15H2,2H3,(H2,22,23,24,28). The Hall–Kier alpha value is -2.90. The Bertz CT molecular complexity index is 793. The number of ether oxygens (including phenoxy) is 3. The van der Waals surface area contributed by atoms with Gasteiger partial charge in [-0.1, -0.05) is 24.8 Å². The van der Waals surface area contributed by atoms with Crippen LogP contribution in [0, 0.1) is 0 Å². The lowest BCUT2D eigenvalue weighted by molar-refractivity contribution is 0.0977. The van der Waals surface area contributed by atoms with Crippen LogP contribution >= 0.6 is 12.2 Å². The largest absolute Gasteiger partial charge is 0.491 e. The first kappa shape index (κ1) is 21.4. The van der Waals surface area contributed by atoms with Crippen LogP contribution in [0.5, 0.6) is 11.5 Å². The fourth-order valence-corrected chi connectivity index (χ4v) is 2.44. The van der Waals surface area contributed by atoms with Gasteiger partial charge in [0.25, 0.3) is 5.91 Å². The molecular formula is C21H24N2O4S. The van der Waals surface area contributed by atoms with Gasteiger partial charge in [-0.2, -0.15) is 0 Å². The van der Waals surface area contributed by atoms with E-state index in [2.05, 4.69) is 17.2 Å². The molecule has 0 radical (unpaired) electrons. The molecule has 0 aliphatic rings. The van der Waals surface area contributed by atoms with Crippen molar-refractivity contribution in [1.82, 2.24) is 5.32 Å². The maximum atomic E-state index is 12.4. The minimum Gasteiger partial charge on any atom is -0.491 e. The summed E-state index contributed by atoms with van der Waals surface area (Å²) >= 11 is 5.23. The van der Waals surface area contributed by atoms with E-state index in [-0.39, 0.29) is 11.0 Å². The van der Waals surface area contributed by atoms with Crippen molar-refractivity contribution in [2.24, 2.45) is 0 Å². The van der Waals surface area contributed by atoms with Gasteiger partial charge in [-0.3, -0.25) is 10.1 Å². The topological polar surface area (TPSA) is 68.8 Å². The molecule has 0 saturated heterocycles. The molecule has 0 aromatic heterocycles. The zero-order chi connectivity index (χ0) is 20.2. The zero-order valence-corrected chi connectivity index (χ0v) is 16.6. The molecule has 0 spiro atoms. The first-order valence-corrected chi connectivity index (χ1v) is 9.30. The first-order valence-electron chi connectivity index (χ1n) is 8.89. The van der Waals surface area contributed by atoms with Crippen LogP contribution in [-0.4, -0.2) is 37.4 Å². The fraction of sp³-hybridized carbons (Fsp3) is 0.238. The van der Waals surface area contributed by atoms with Crippen molar-refractivity contribution >= 4 is 28.9 Å². The molecule has 2 aromatic rings. The molecule has 2 aromatic carbocycles. The van der Waals surface area contributed by atoms with Gasteiger partial charge in [-0.25, -0.2) is 0 Å². The molecule has 2 rings (SSSR count). The molecule has 1 amide bonds. The van der Waals surface area contributed by atoms with Crippen molar-refractivity contribution in [3.8, 4) is 11.5 Å². The number of benzene rings is 2. The van der Waals surface area contributed by atoms with E-state index < -0.39 is 0 Å². The summed E-state index contributed by atoms with van der Waals surface area (Å²) in [4.78, 5) is 12.4. The molecule has 0 fully saturated rings. The van der Waals surface area contributed by atoms with E-state index in [0.29, 0.717) is 49.2 Å². The summed E-state index contributed by atoms with van der Waals surface area (Å²) in [6.07, 6.45) is 1.65. The van der Waals surface area contributed by atoms with Gasteiger partial charge < -0.3 is 19.5 Å². The van der Waals surface area contributed by atoms with Crippen molar-refractivity contribution in [1.29, 1.82) is 0 Å². The highest BCUT2D eigenvalue weighted by Crippen LogP contribution is 2.23. The summed E-state index contributed by atoms with van der Waals surface area (Å²) in [5.74, 6) is 0.973. The van der Waals surface area contributed by atoms with E-state index >= 15 is 0 Å². The molecule has 0 saturated carbocycles. The Morgan fingerprint density at radius 1 is 1.11 bits per heavy atom. The molecule has 28 heavy (non-hydrogen) atoms. The first-order chi connectivity index (χ1) is 13.6. The van der Waals surface area contributed by atoms with Crippen molar-refractivity contribution in [2.75, 3.05) is 31.7 Å². The number of carbonyl (C=O) groups excluding carboxylic acids is 1. The number of hydrogen-bond acceptors (Lipinski definition) is 5. The van der Waals surface area contributed by atoms with E-state index in [1.807, 2.05) is 25.1 Å². The molecule has 0 bridgehead atoms. The molecule has 0 aliphatic carbocycles. The van der Waals surface area contributed by atoms with Crippen LogP contribution < -0.4 is 20.1 Å². The molecular weight excluding hydrogens is 376 g/mol. The quantitative estimate of drug-likeness (QED) is 0.359. The van der Waals surface area contributed by atoms with Gasteiger partial charge in [0.2, 0.25) is 0 Å². The number of rotatable bonds is 10. The number of carbonyl (C=O) groups is 1. The monoisotopic (exact) mass is 400 g/mol. The van der Waals surface area contributed by atoms with Gasteiger partial charge in [-0.15, -0.1) is 0 Å². The highest BCUT2D eigenvalue weighted by atomic mass is 32.1. The molecule has 0 atom stereocenters. The molecule has 7 heteroatoms. The normalized spacial score (nSPS) is 10.0. The van der Waals surface area contributed by atoms with E-state index in [0.717, 1.165) is 0 Å². The maximum absolute atomic E-state index is 12.4. The Morgan fingerprint density at radius 3 is 2.57 bits per heavy atom. The second-order valence-electron chi connectivity index (χ2n) is 5.57. The van der Waals surface area contributed by atoms with E-state index in [9.17, 15) is 4.79 Å². The third-order valence-corrected chi connectivity index (χ3v) is 3.74. The van der Waals surface area contributed by atoms with Crippen molar-refractivity contribution in [3.05, 3.63) is 66.7 Å². The number of hydrogen-bond donors (Lipinski definition) is 2. The lowest BCUT2D eigenvalue weighted by atomic mass is 10.2. The third kappa shape index (κ3) is 7.02. The van der Waals surface area contributed by atoms with Crippen LogP contribution in [0.2, 0.25) is 0 Å². The molecule has 0 heterocycles. The molecule has 2 N–H and O–H groups in total. The molecule has 0 aliphatic heterocycles. The van der Waals surface area contributed by atoms with E-state index in [4.69, 9.17) is 26.4 Å². The summed E-state index contributed by atoms with van der Waals surface area (Å²) in [6, 6.07) is 14.1. The van der Waals surface area contributed by atoms with Gasteiger partial charge in [0.05, 0.1) is 12.3 Å². The highest BCUT2D eigenvalue weighted by molar-refractivity contribution is 7.80. The number of nitrogens with one attached hydrogen (secondary N) is 2. The SMILES string of the molecule is C=CCOc1ccccc1NC(=S)NC(=O)c1ccc(OCCOCC)cc1. The van der Waals surface area contributed by atoms with Gasteiger partial charge in [0.15, 0.2) is 5.11 Å². The van der Waals surface area contributed by atoms with E-state index in [1.165, 1.54) is 0 Å². The third-order valence-electron chi connectivity index (χ3n) is 3.54. The fourth-order valence-electron chi connectivity index (χ4n) is 2.24. The van der Waals surface area contributed by atoms with Crippen molar-refractivity contribution < 1.29 is 19.0 Å². The Labute approximate surface area is 170 Å². The van der Waals surface area contributed by atoms with Crippen LogP contribution in [-0.2, 0) is 4.74 Å². The maximum Gasteiger partial charge on any atom is 0.257 e.